The zero-order valence-electron chi connectivity index (χ0n) is 13.7. The summed E-state index contributed by atoms with van der Waals surface area (Å²) in [6.45, 7) is 2.44. The van der Waals surface area contributed by atoms with Gasteiger partial charge in [0.2, 0.25) is 0 Å². The van der Waals surface area contributed by atoms with Gasteiger partial charge in [-0.25, -0.2) is 0 Å². The first-order chi connectivity index (χ1) is 12.0. The molecule has 0 atom stereocenters. The van der Waals surface area contributed by atoms with E-state index < -0.39 is 5.91 Å². The Kier molecular flexibility index (Phi) is 7.04. The van der Waals surface area contributed by atoms with Crippen molar-refractivity contribution in [3.05, 3.63) is 69.7 Å². The zero-order valence-corrected chi connectivity index (χ0v) is 15.2. The van der Waals surface area contributed by atoms with Gasteiger partial charge in [0.15, 0.2) is 0 Å². The highest BCUT2D eigenvalue weighted by Crippen LogP contribution is 2.24. The number of benzene rings is 2. The number of carbonyl (C=O) groups is 1. The Balaban J connectivity index is 2.42. The third kappa shape index (κ3) is 5.34. The van der Waals surface area contributed by atoms with Crippen molar-refractivity contribution >= 4 is 46.8 Å². The first kappa shape index (κ1) is 19.0. The molecule has 2 rings (SSSR count). The topological polar surface area (TPSA) is 61.7 Å². The van der Waals surface area contributed by atoms with Gasteiger partial charge in [0.05, 0.1) is 16.3 Å². The van der Waals surface area contributed by atoms with Crippen molar-refractivity contribution in [1.29, 1.82) is 0 Å². The summed E-state index contributed by atoms with van der Waals surface area (Å²) in [5, 5.41) is 14.3. The Morgan fingerprint density at radius 2 is 1.84 bits per heavy atom. The molecule has 25 heavy (non-hydrogen) atoms. The molecule has 6 heteroatoms. The van der Waals surface area contributed by atoms with Crippen LogP contribution in [-0.2, 0) is 4.79 Å². The number of aliphatic imine (C=N–C) groups is 1. The molecule has 0 radical (unpaired) electrons. The highest BCUT2D eigenvalue weighted by molar-refractivity contribution is 6.33. The van der Waals surface area contributed by atoms with E-state index in [9.17, 15) is 9.90 Å². The van der Waals surface area contributed by atoms with Crippen molar-refractivity contribution in [2.75, 3.05) is 6.54 Å². The van der Waals surface area contributed by atoms with E-state index in [0.29, 0.717) is 27.8 Å². The number of carbonyl (C=O) groups excluding carboxylic acids is 1. The van der Waals surface area contributed by atoms with Crippen LogP contribution < -0.4 is 5.32 Å². The monoisotopic (exact) mass is 376 g/mol. The van der Waals surface area contributed by atoms with Gasteiger partial charge >= 0.3 is 0 Å². The van der Waals surface area contributed by atoms with Crippen molar-refractivity contribution < 1.29 is 9.90 Å². The van der Waals surface area contributed by atoms with Crippen LogP contribution in [0, 0.1) is 0 Å². The zero-order chi connectivity index (χ0) is 18.2. The number of aliphatic hydroxyl groups excluding tert-OH is 1. The maximum absolute atomic E-state index is 12.4. The minimum atomic E-state index is -0.419. The van der Waals surface area contributed by atoms with Crippen molar-refractivity contribution in [1.82, 2.24) is 5.32 Å². The summed E-state index contributed by atoms with van der Waals surface area (Å²) < 4.78 is 0. The second-order valence-corrected chi connectivity index (χ2v) is 6.08. The number of nitrogens with zero attached hydrogens (tertiary/aromatic N) is 1. The minimum Gasteiger partial charge on any atom is -0.506 e. The summed E-state index contributed by atoms with van der Waals surface area (Å²) >= 11 is 12.0. The lowest BCUT2D eigenvalue weighted by Crippen LogP contribution is -2.27. The molecular weight excluding hydrogens is 359 g/mol. The molecule has 4 nitrogen and oxygen atoms in total. The van der Waals surface area contributed by atoms with Crippen LogP contribution in [0.4, 0.5) is 5.69 Å². The molecule has 0 aromatic heterocycles. The van der Waals surface area contributed by atoms with E-state index in [2.05, 4.69) is 10.3 Å². The normalized spacial score (nSPS) is 12.1. The fraction of sp³-hybridized carbons (Fsp3) is 0.158. The lowest BCUT2D eigenvalue weighted by molar-refractivity contribution is -0.116. The molecule has 0 aliphatic carbocycles. The van der Waals surface area contributed by atoms with Crippen molar-refractivity contribution in [3.63, 3.8) is 0 Å². The van der Waals surface area contributed by atoms with E-state index in [4.69, 9.17) is 23.2 Å². The molecule has 0 spiro atoms. The van der Waals surface area contributed by atoms with Crippen LogP contribution in [-0.4, -0.2) is 23.8 Å². The standard InChI is InChI=1S/C19H18Cl2N2O2/c1-2-11-22-19(25)16(12-23-14-9-7-13(20)8-10-14)18(24)15-5-3-4-6-17(15)21/h3-10,12,24H,2,11H2,1H3,(H,22,25). The molecule has 0 aliphatic rings. The third-order valence-electron chi connectivity index (χ3n) is 3.33. The van der Waals surface area contributed by atoms with Crippen LogP contribution in [0.2, 0.25) is 10.0 Å². The van der Waals surface area contributed by atoms with Crippen LogP contribution in [0.15, 0.2) is 59.1 Å². The lowest BCUT2D eigenvalue weighted by Gasteiger charge is -2.09. The number of hydrogen-bond donors (Lipinski definition) is 2. The summed E-state index contributed by atoms with van der Waals surface area (Å²) in [5.41, 5.74) is 1.02. The summed E-state index contributed by atoms with van der Waals surface area (Å²) in [5.74, 6) is -0.645. The molecule has 0 bridgehead atoms. The molecule has 0 saturated carbocycles. The second kappa shape index (κ2) is 9.25. The van der Waals surface area contributed by atoms with Gasteiger partial charge in [0, 0.05) is 23.3 Å². The molecule has 2 N–H and O–H groups in total. The van der Waals surface area contributed by atoms with Gasteiger partial charge in [0.25, 0.3) is 5.91 Å². The Hall–Kier alpha value is -2.30. The van der Waals surface area contributed by atoms with Crippen LogP contribution in [0.3, 0.4) is 0 Å². The number of nitrogens with one attached hydrogen (secondary N) is 1. The molecular formula is C19H18Cl2N2O2. The SMILES string of the molecule is CCCNC(=O)C(C=Nc1ccc(Cl)cc1)=C(O)c1ccccc1Cl. The van der Waals surface area contributed by atoms with Crippen molar-refractivity contribution in [3.8, 4) is 0 Å². The maximum atomic E-state index is 12.4. The highest BCUT2D eigenvalue weighted by Gasteiger charge is 2.16. The molecule has 0 heterocycles. The summed E-state index contributed by atoms with van der Waals surface area (Å²) in [6.07, 6.45) is 2.10. The van der Waals surface area contributed by atoms with Gasteiger partial charge in [-0.3, -0.25) is 9.79 Å². The minimum absolute atomic E-state index is 0.0384. The quantitative estimate of drug-likeness (QED) is 0.413. The third-order valence-corrected chi connectivity index (χ3v) is 3.92. The first-order valence-electron chi connectivity index (χ1n) is 7.79. The molecule has 2 aromatic rings. The molecule has 0 unspecified atom stereocenters. The molecule has 1 amide bonds. The van der Waals surface area contributed by atoms with Crippen LogP contribution >= 0.6 is 23.2 Å². The van der Waals surface area contributed by atoms with E-state index in [1.165, 1.54) is 6.21 Å². The van der Waals surface area contributed by atoms with Gasteiger partial charge in [0.1, 0.15) is 5.76 Å². The van der Waals surface area contributed by atoms with E-state index in [0.717, 1.165) is 6.42 Å². The van der Waals surface area contributed by atoms with Crippen molar-refractivity contribution in [2.45, 2.75) is 13.3 Å². The van der Waals surface area contributed by atoms with Gasteiger partial charge in [-0.15, -0.1) is 0 Å². The Labute approximate surface area is 156 Å². The van der Waals surface area contributed by atoms with Crippen LogP contribution in [0.25, 0.3) is 5.76 Å². The van der Waals surface area contributed by atoms with Crippen molar-refractivity contribution in [2.24, 2.45) is 4.99 Å². The lowest BCUT2D eigenvalue weighted by atomic mass is 10.1. The largest absolute Gasteiger partial charge is 0.506 e. The Morgan fingerprint density at radius 1 is 1.16 bits per heavy atom. The summed E-state index contributed by atoms with van der Waals surface area (Å²) in [6, 6.07) is 13.6. The first-order valence-corrected chi connectivity index (χ1v) is 8.54. The van der Waals surface area contributed by atoms with Crippen LogP contribution in [0.5, 0.6) is 0 Å². The van der Waals surface area contributed by atoms with Gasteiger partial charge in [-0.2, -0.15) is 0 Å². The van der Waals surface area contributed by atoms with Gasteiger partial charge in [-0.05, 0) is 42.8 Å². The maximum Gasteiger partial charge on any atom is 0.256 e. The average molecular weight is 377 g/mol. The number of rotatable bonds is 6. The number of hydrogen-bond acceptors (Lipinski definition) is 3. The number of halogens is 2. The molecule has 0 aliphatic heterocycles. The molecule has 0 fully saturated rings. The Bertz CT molecular complexity index is 799. The number of amides is 1. The van der Waals surface area contributed by atoms with E-state index in [1.807, 2.05) is 6.92 Å². The van der Waals surface area contributed by atoms with E-state index in [1.54, 1.807) is 48.5 Å². The van der Waals surface area contributed by atoms with E-state index >= 15 is 0 Å². The summed E-state index contributed by atoms with van der Waals surface area (Å²) in [7, 11) is 0. The molecule has 0 saturated heterocycles. The number of aliphatic hydroxyl groups is 1. The second-order valence-electron chi connectivity index (χ2n) is 5.23. The van der Waals surface area contributed by atoms with Crippen LogP contribution in [0.1, 0.15) is 18.9 Å². The Morgan fingerprint density at radius 3 is 2.48 bits per heavy atom. The summed E-state index contributed by atoms with van der Waals surface area (Å²) in [4.78, 5) is 16.7. The predicted molar refractivity (Wildman–Crippen MR) is 104 cm³/mol. The smallest absolute Gasteiger partial charge is 0.256 e. The van der Waals surface area contributed by atoms with Gasteiger partial charge < -0.3 is 10.4 Å². The van der Waals surface area contributed by atoms with Gasteiger partial charge in [-0.1, -0.05) is 42.3 Å². The van der Waals surface area contributed by atoms with E-state index in [-0.39, 0.29) is 11.3 Å². The highest BCUT2D eigenvalue weighted by atomic mass is 35.5. The average Bonchev–Trinajstić information content (AvgIpc) is 2.61. The predicted octanol–water partition coefficient (Wildman–Crippen LogP) is 5.19. The molecule has 130 valence electrons. The fourth-order valence-corrected chi connectivity index (χ4v) is 2.38. The fourth-order valence-electron chi connectivity index (χ4n) is 2.03. The molecule has 2 aromatic carbocycles.